The van der Waals surface area contributed by atoms with Crippen LogP contribution in [0.3, 0.4) is 0 Å². The highest BCUT2D eigenvalue weighted by Crippen LogP contribution is 2.43. The Balaban J connectivity index is 1.61. The van der Waals surface area contributed by atoms with Crippen molar-refractivity contribution in [1.82, 2.24) is 23.6 Å². The van der Waals surface area contributed by atoms with Crippen molar-refractivity contribution in [2.45, 2.75) is 55.9 Å². The van der Waals surface area contributed by atoms with Crippen LogP contribution in [0.4, 0.5) is 0 Å². The Hall–Kier alpha value is -1.52. The van der Waals surface area contributed by atoms with E-state index in [0.29, 0.717) is 51.4 Å². The maximum atomic E-state index is 12.5. The molecule has 0 N–H and O–H groups in total. The third-order valence-corrected chi connectivity index (χ3v) is 8.56. The first-order valence-corrected chi connectivity index (χ1v) is 11.1. The van der Waals surface area contributed by atoms with Gasteiger partial charge in [0.05, 0.1) is 11.8 Å². The van der Waals surface area contributed by atoms with Crippen molar-refractivity contribution in [3.05, 3.63) is 26.5 Å². The molecule has 0 unspecified atom stereocenters. The van der Waals surface area contributed by atoms with E-state index in [1.165, 1.54) is 9.25 Å². The van der Waals surface area contributed by atoms with E-state index in [1.54, 1.807) is 4.31 Å². The predicted molar refractivity (Wildman–Crippen MR) is 100 cm³/mol. The zero-order chi connectivity index (χ0) is 19.4. The number of nitrogens with zero attached hydrogens (tertiary/aromatic N) is 5. The van der Waals surface area contributed by atoms with Crippen molar-refractivity contribution < 1.29 is 8.42 Å². The summed E-state index contributed by atoms with van der Waals surface area (Å²) in [4.78, 5) is 26.8. The zero-order valence-corrected chi connectivity index (χ0v) is 16.7. The fraction of sp³-hybridized carbons (Fsp3) is 0.824. The van der Waals surface area contributed by atoms with Crippen molar-refractivity contribution in [3.8, 4) is 0 Å². The summed E-state index contributed by atoms with van der Waals surface area (Å²) in [6.07, 6.45) is 3.57. The van der Waals surface area contributed by atoms with E-state index >= 15 is 0 Å². The minimum absolute atomic E-state index is 0.195. The zero-order valence-electron chi connectivity index (χ0n) is 15.9. The molecule has 1 aromatic heterocycles. The monoisotopic (exact) mass is 397 g/mol. The van der Waals surface area contributed by atoms with Crippen LogP contribution >= 0.6 is 0 Å². The number of sulfonamides is 1. The molecule has 0 amide bonds. The topological polar surface area (TPSA) is 97.5 Å². The second-order valence-electron chi connectivity index (χ2n) is 8.29. The summed E-state index contributed by atoms with van der Waals surface area (Å²) in [6, 6.07) is 0. The van der Waals surface area contributed by atoms with E-state index < -0.39 is 21.1 Å². The van der Waals surface area contributed by atoms with E-state index in [4.69, 9.17) is 0 Å². The molecule has 150 valence electrons. The number of hydrogen-bond donors (Lipinski definition) is 0. The molecule has 1 saturated carbocycles. The van der Waals surface area contributed by atoms with Gasteiger partial charge in [-0.3, -0.25) is 14.2 Å². The minimum Gasteiger partial charge on any atom is -0.308 e. The lowest BCUT2D eigenvalue weighted by Crippen LogP contribution is -2.49. The lowest BCUT2D eigenvalue weighted by Gasteiger charge is -2.38. The molecule has 0 aromatic carbocycles. The van der Waals surface area contributed by atoms with E-state index in [0.717, 1.165) is 19.3 Å². The SMILES string of the molecule is CN(C)CCn1nc2n(c(=O)c1=O)CCC21CCN(S(=O)(=O)C2CC2)CC1. The molecular weight excluding hydrogens is 370 g/mol. The van der Waals surface area contributed by atoms with Gasteiger partial charge in [-0.25, -0.2) is 17.4 Å². The molecule has 3 aliphatic rings. The van der Waals surface area contributed by atoms with E-state index in [-0.39, 0.29) is 10.7 Å². The molecule has 10 heteroatoms. The van der Waals surface area contributed by atoms with Crippen molar-refractivity contribution in [1.29, 1.82) is 0 Å². The third kappa shape index (κ3) is 3.17. The smallest absolute Gasteiger partial charge is 0.308 e. The summed E-state index contributed by atoms with van der Waals surface area (Å²) in [7, 11) is 0.641. The molecular formula is C17H27N5O4S. The van der Waals surface area contributed by atoms with Crippen LogP contribution in [0.5, 0.6) is 0 Å². The van der Waals surface area contributed by atoms with Crippen molar-refractivity contribution in [3.63, 3.8) is 0 Å². The van der Waals surface area contributed by atoms with Gasteiger partial charge in [-0.2, -0.15) is 5.10 Å². The second-order valence-corrected chi connectivity index (χ2v) is 10.5. The average Bonchev–Trinajstić information content (AvgIpc) is 3.43. The summed E-state index contributed by atoms with van der Waals surface area (Å²) in [5, 5.41) is 4.37. The summed E-state index contributed by atoms with van der Waals surface area (Å²) < 4.78 is 29.4. The molecule has 2 fully saturated rings. The van der Waals surface area contributed by atoms with Crippen LogP contribution in [0.15, 0.2) is 9.59 Å². The first-order chi connectivity index (χ1) is 12.7. The van der Waals surface area contributed by atoms with Gasteiger partial charge in [-0.15, -0.1) is 0 Å². The average molecular weight is 398 g/mol. The van der Waals surface area contributed by atoms with Gasteiger partial charge in [0.1, 0.15) is 5.82 Å². The number of hydrogen-bond acceptors (Lipinski definition) is 6. The molecule has 4 rings (SSSR count). The van der Waals surface area contributed by atoms with Gasteiger partial charge in [0.15, 0.2) is 0 Å². The molecule has 2 aliphatic heterocycles. The minimum atomic E-state index is -3.17. The largest absolute Gasteiger partial charge is 0.332 e. The van der Waals surface area contributed by atoms with Gasteiger partial charge in [0.2, 0.25) is 10.0 Å². The molecule has 27 heavy (non-hydrogen) atoms. The number of rotatable bonds is 5. The summed E-state index contributed by atoms with van der Waals surface area (Å²) in [6.45, 7) is 2.40. The Morgan fingerprint density at radius 2 is 1.70 bits per heavy atom. The van der Waals surface area contributed by atoms with Crippen molar-refractivity contribution >= 4 is 10.0 Å². The number of fused-ring (bicyclic) bond motifs is 2. The summed E-state index contributed by atoms with van der Waals surface area (Å²) in [5.74, 6) is 0.661. The Morgan fingerprint density at radius 1 is 1.07 bits per heavy atom. The Morgan fingerprint density at radius 3 is 2.30 bits per heavy atom. The van der Waals surface area contributed by atoms with Crippen LogP contribution in [0, 0.1) is 0 Å². The summed E-state index contributed by atoms with van der Waals surface area (Å²) >= 11 is 0. The van der Waals surface area contributed by atoms with E-state index in [1.807, 2.05) is 19.0 Å². The van der Waals surface area contributed by atoms with Gasteiger partial charge >= 0.3 is 11.1 Å². The maximum absolute atomic E-state index is 12.5. The third-order valence-electron chi connectivity index (χ3n) is 6.17. The number of piperidine rings is 1. The molecule has 1 aromatic rings. The maximum Gasteiger partial charge on any atom is 0.332 e. The Labute approximate surface area is 158 Å². The van der Waals surface area contributed by atoms with Crippen molar-refractivity contribution in [2.24, 2.45) is 0 Å². The predicted octanol–water partition coefficient (Wildman–Crippen LogP) is -0.804. The van der Waals surface area contributed by atoms with Gasteiger partial charge in [0, 0.05) is 31.6 Å². The standard InChI is InChI=1S/C17H27N5O4S/c1-19(2)11-12-22-15(24)14(23)21-10-7-17(16(21)18-22)5-8-20(9-6-17)27(25,26)13-3-4-13/h13H,3-12H2,1-2H3. The van der Waals surface area contributed by atoms with Gasteiger partial charge in [0.25, 0.3) is 0 Å². The van der Waals surface area contributed by atoms with E-state index in [9.17, 15) is 18.0 Å². The highest BCUT2D eigenvalue weighted by molar-refractivity contribution is 7.90. The molecule has 3 heterocycles. The normalized spacial score (nSPS) is 22.5. The van der Waals surface area contributed by atoms with Crippen LogP contribution in [0.25, 0.3) is 0 Å². The fourth-order valence-electron chi connectivity index (χ4n) is 4.24. The van der Waals surface area contributed by atoms with E-state index in [2.05, 4.69) is 5.10 Å². The molecule has 1 spiro atoms. The van der Waals surface area contributed by atoms with Crippen LogP contribution in [-0.4, -0.2) is 71.0 Å². The second kappa shape index (κ2) is 6.52. The number of aromatic nitrogens is 3. The van der Waals surface area contributed by atoms with Crippen LogP contribution in [0.2, 0.25) is 0 Å². The van der Waals surface area contributed by atoms with Crippen LogP contribution < -0.4 is 11.1 Å². The highest BCUT2D eigenvalue weighted by atomic mass is 32.2. The fourth-order valence-corrected chi connectivity index (χ4v) is 6.08. The highest BCUT2D eigenvalue weighted by Gasteiger charge is 2.48. The molecule has 9 nitrogen and oxygen atoms in total. The van der Waals surface area contributed by atoms with Crippen LogP contribution in [0.1, 0.15) is 37.9 Å². The molecule has 1 aliphatic carbocycles. The molecule has 1 saturated heterocycles. The summed E-state index contributed by atoms with van der Waals surface area (Å²) in [5.41, 5.74) is -1.39. The first-order valence-electron chi connectivity index (χ1n) is 9.61. The molecule has 0 atom stereocenters. The Bertz CT molecular complexity index is 953. The van der Waals surface area contributed by atoms with Crippen LogP contribution in [-0.2, 0) is 28.5 Å². The molecule has 0 bridgehead atoms. The number of likely N-dealkylation sites (N-methyl/N-ethyl adjacent to an activating group) is 1. The van der Waals surface area contributed by atoms with Gasteiger partial charge < -0.3 is 4.90 Å². The van der Waals surface area contributed by atoms with Gasteiger partial charge in [-0.1, -0.05) is 0 Å². The van der Waals surface area contributed by atoms with Gasteiger partial charge in [-0.05, 0) is 46.2 Å². The molecule has 0 radical (unpaired) electrons. The Kier molecular flexibility index (Phi) is 4.55. The first kappa shape index (κ1) is 18.8. The quantitative estimate of drug-likeness (QED) is 0.603. The lowest BCUT2D eigenvalue weighted by atomic mass is 9.77. The van der Waals surface area contributed by atoms with Crippen molar-refractivity contribution in [2.75, 3.05) is 33.7 Å². The lowest BCUT2D eigenvalue weighted by molar-refractivity contribution is 0.223.